The molecule has 0 bridgehead atoms. The van der Waals surface area contributed by atoms with E-state index in [4.69, 9.17) is 10.5 Å². The van der Waals surface area contributed by atoms with Gasteiger partial charge in [0, 0.05) is 18.6 Å². The molecule has 0 aliphatic heterocycles. The zero-order valence-electron chi connectivity index (χ0n) is 13.9. The van der Waals surface area contributed by atoms with Gasteiger partial charge in [0.15, 0.2) is 0 Å². The van der Waals surface area contributed by atoms with Crippen LogP contribution < -0.4 is 10.5 Å². The Labute approximate surface area is 124 Å². The maximum atomic E-state index is 6.08. The van der Waals surface area contributed by atoms with E-state index in [1.165, 1.54) is 5.56 Å². The molecule has 0 aliphatic rings. The molecule has 0 saturated heterocycles. The van der Waals surface area contributed by atoms with Crippen LogP contribution in [0.5, 0.6) is 5.75 Å². The first-order valence-corrected chi connectivity index (χ1v) is 7.25. The average Bonchev–Trinajstić information content (AvgIpc) is 2.37. The highest BCUT2D eigenvalue weighted by atomic mass is 16.5. The molecule has 0 aromatic heterocycles. The average molecular weight is 278 g/mol. The van der Waals surface area contributed by atoms with Crippen LogP contribution in [0.15, 0.2) is 24.3 Å². The fraction of sp³-hybridized carbons (Fsp3) is 0.647. The second-order valence-electron chi connectivity index (χ2n) is 7.11. The first kappa shape index (κ1) is 17.0. The van der Waals surface area contributed by atoms with Gasteiger partial charge >= 0.3 is 0 Å². The van der Waals surface area contributed by atoms with Crippen molar-refractivity contribution in [2.24, 2.45) is 11.1 Å². The molecular formula is C17H30N2O. The van der Waals surface area contributed by atoms with Gasteiger partial charge in [0.25, 0.3) is 0 Å². The van der Waals surface area contributed by atoms with E-state index in [1.807, 2.05) is 12.1 Å². The predicted molar refractivity (Wildman–Crippen MR) is 86.2 cm³/mol. The van der Waals surface area contributed by atoms with E-state index in [0.717, 1.165) is 18.7 Å². The molecule has 3 heteroatoms. The van der Waals surface area contributed by atoms with Crippen LogP contribution in [0.4, 0.5) is 0 Å². The quantitative estimate of drug-likeness (QED) is 0.869. The molecule has 0 radical (unpaired) electrons. The fourth-order valence-electron chi connectivity index (χ4n) is 2.52. The van der Waals surface area contributed by atoms with Gasteiger partial charge in [-0.15, -0.1) is 0 Å². The summed E-state index contributed by atoms with van der Waals surface area (Å²) >= 11 is 0. The molecule has 0 spiro atoms. The molecule has 0 saturated carbocycles. The van der Waals surface area contributed by atoms with Crippen LogP contribution in [-0.4, -0.2) is 37.7 Å². The molecule has 0 aliphatic carbocycles. The third kappa shape index (κ3) is 4.50. The Morgan fingerprint density at radius 1 is 1.15 bits per heavy atom. The lowest BCUT2D eigenvalue weighted by Crippen LogP contribution is -2.53. The van der Waals surface area contributed by atoms with Crippen molar-refractivity contribution in [1.29, 1.82) is 0 Å². The van der Waals surface area contributed by atoms with Crippen molar-refractivity contribution in [2.45, 2.75) is 39.7 Å². The molecule has 1 unspecified atom stereocenters. The number of benzene rings is 1. The molecule has 20 heavy (non-hydrogen) atoms. The van der Waals surface area contributed by atoms with E-state index in [0.29, 0.717) is 6.54 Å². The summed E-state index contributed by atoms with van der Waals surface area (Å²) in [5, 5.41) is 0. The van der Waals surface area contributed by atoms with Crippen LogP contribution in [-0.2, 0) is 6.42 Å². The normalized spacial score (nSPS) is 15.2. The maximum absolute atomic E-state index is 6.08. The summed E-state index contributed by atoms with van der Waals surface area (Å²) in [4.78, 5) is 2.37. The fourth-order valence-corrected chi connectivity index (χ4v) is 2.52. The van der Waals surface area contributed by atoms with Crippen molar-refractivity contribution in [3.05, 3.63) is 29.8 Å². The lowest BCUT2D eigenvalue weighted by atomic mass is 9.87. The van der Waals surface area contributed by atoms with E-state index in [-0.39, 0.29) is 11.0 Å². The smallest absolute Gasteiger partial charge is 0.122 e. The summed E-state index contributed by atoms with van der Waals surface area (Å²) in [6.07, 6.45) is 0.889. The topological polar surface area (TPSA) is 38.5 Å². The second-order valence-corrected chi connectivity index (χ2v) is 7.11. The Kier molecular flexibility index (Phi) is 5.60. The number of hydrogen-bond acceptors (Lipinski definition) is 3. The van der Waals surface area contributed by atoms with Crippen LogP contribution in [0.25, 0.3) is 0 Å². The Hall–Kier alpha value is -1.06. The van der Waals surface area contributed by atoms with Crippen molar-refractivity contribution < 1.29 is 4.74 Å². The summed E-state index contributed by atoms with van der Waals surface area (Å²) in [7, 11) is 3.88. The summed E-state index contributed by atoms with van der Waals surface area (Å²) < 4.78 is 5.46. The van der Waals surface area contributed by atoms with Gasteiger partial charge in [-0.05, 0) is 37.4 Å². The van der Waals surface area contributed by atoms with Crippen molar-refractivity contribution >= 4 is 0 Å². The Balaban J connectivity index is 2.94. The van der Waals surface area contributed by atoms with Crippen molar-refractivity contribution in [3.8, 4) is 5.75 Å². The molecule has 1 aromatic rings. The van der Waals surface area contributed by atoms with Crippen LogP contribution in [0.1, 0.15) is 33.3 Å². The lowest BCUT2D eigenvalue weighted by molar-refractivity contribution is 0.0998. The van der Waals surface area contributed by atoms with Crippen LogP contribution >= 0.6 is 0 Å². The zero-order chi connectivity index (χ0) is 15.4. The molecule has 0 heterocycles. The summed E-state index contributed by atoms with van der Waals surface area (Å²) in [6.45, 7) is 10.6. The van der Waals surface area contributed by atoms with E-state index in [2.05, 4.69) is 51.8 Å². The lowest BCUT2D eigenvalue weighted by Gasteiger charge is -2.41. The zero-order valence-corrected chi connectivity index (χ0v) is 13.9. The Morgan fingerprint density at radius 2 is 1.75 bits per heavy atom. The second kappa shape index (κ2) is 6.59. The van der Waals surface area contributed by atoms with E-state index in [1.54, 1.807) is 7.11 Å². The predicted octanol–water partition coefficient (Wildman–Crippen LogP) is 2.93. The molecule has 1 aromatic carbocycles. The highest BCUT2D eigenvalue weighted by molar-refractivity contribution is 5.34. The van der Waals surface area contributed by atoms with E-state index >= 15 is 0 Å². The number of nitrogens with zero attached hydrogens (tertiary/aromatic N) is 1. The standard InChI is InChI=1S/C17H30N2O/c1-16(2,3)13-19(5)17(4,12-18)11-14-9-7-8-10-15(14)20-6/h7-10H,11-13,18H2,1-6H3. The minimum absolute atomic E-state index is 0.0675. The number of rotatable bonds is 6. The molecular weight excluding hydrogens is 248 g/mol. The van der Waals surface area contributed by atoms with Crippen molar-refractivity contribution in [3.63, 3.8) is 0 Å². The largest absolute Gasteiger partial charge is 0.496 e. The molecule has 2 N–H and O–H groups in total. The SMILES string of the molecule is COc1ccccc1CC(C)(CN)N(C)CC(C)(C)C. The van der Waals surface area contributed by atoms with Gasteiger partial charge in [-0.2, -0.15) is 0 Å². The molecule has 1 rings (SSSR count). The summed E-state index contributed by atoms with van der Waals surface area (Å²) in [6, 6.07) is 8.19. The Morgan fingerprint density at radius 3 is 2.25 bits per heavy atom. The van der Waals surface area contributed by atoms with E-state index < -0.39 is 0 Å². The van der Waals surface area contributed by atoms with Gasteiger partial charge in [0.1, 0.15) is 5.75 Å². The number of nitrogens with two attached hydrogens (primary N) is 1. The van der Waals surface area contributed by atoms with Crippen molar-refractivity contribution in [1.82, 2.24) is 4.90 Å². The van der Waals surface area contributed by atoms with Gasteiger partial charge in [0.05, 0.1) is 7.11 Å². The summed E-state index contributed by atoms with van der Waals surface area (Å²) in [5.41, 5.74) is 7.48. The molecule has 1 atom stereocenters. The molecule has 0 amide bonds. The van der Waals surface area contributed by atoms with E-state index in [9.17, 15) is 0 Å². The first-order valence-electron chi connectivity index (χ1n) is 7.25. The number of para-hydroxylation sites is 1. The minimum Gasteiger partial charge on any atom is -0.496 e. The third-order valence-corrected chi connectivity index (χ3v) is 3.84. The maximum Gasteiger partial charge on any atom is 0.122 e. The highest BCUT2D eigenvalue weighted by Gasteiger charge is 2.31. The number of hydrogen-bond donors (Lipinski definition) is 1. The third-order valence-electron chi connectivity index (χ3n) is 3.84. The number of likely N-dealkylation sites (N-methyl/N-ethyl adjacent to an activating group) is 1. The monoisotopic (exact) mass is 278 g/mol. The number of ether oxygens (including phenoxy) is 1. The van der Waals surface area contributed by atoms with Gasteiger partial charge in [-0.1, -0.05) is 39.0 Å². The van der Waals surface area contributed by atoms with Gasteiger partial charge in [-0.25, -0.2) is 0 Å². The van der Waals surface area contributed by atoms with Crippen LogP contribution in [0.3, 0.4) is 0 Å². The van der Waals surface area contributed by atoms with Crippen molar-refractivity contribution in [2.75, 3.05) is 27.2 Å². The molecule has 0 fully saturated rings. The summed E-state index contributed by atoms with van der Waals surface area (Å²) in [5.74, 6) is 0.941. The first-order chi connectivity index (χ1) is 9.22. The highest BCUT2D eigenvalue weighted by Crippen LogP contribution is 2.27. The molecule has 3 nitrogen and oxygen atoms in total. The van der Waals surface area contributed by atoms with Gasteiger partial charge in [-0.3, -0.25) is 4.90 Å². The Bertz CT molecular complexity index is 425. The number of methoxy groups -OCH3 is 1. The minimum atomic E-state index is -0.0675. The van der Waals surface area contributed by atoms with Crippen LogP contribution in [0, 0.1) is 5.41 Å². The van der Waals surface area contributed by atoms with Gasteiger partial charge < -0.3 is 10.5 Å². The molecule has 114 valence electrons. The van der Waals surface area contributed by atoms with Gasteiger partial charge in [0.2, 0.25) is 0 Å². The van der Waals surface area contributed by atoms with Crippen LogP contribution in [0.2, 0.25) is 0 Å².